The summed E-state index contributed by atoms with van der Waals surface area (Å²) in [6, 6.07) is 15.8. The Hall–Kier alpha value is -3.75. The molecule has 30 heavy (non-hydrogen) atoms. The third-order valence-corrected chi connectivity index (χ3v) is 4.03. The Labute approximate surface area is 174 Å². The molecule has 0 saturated heterocycles. The van der Waals surface area contributed by atoms with Gasteiger partial charge in [-0.1, -0.05) is 31.5 Å². The van der Waals surface area contributed by atoms with Crippen LogP contribution in [0.25, 0.3) is 0 Å². The van der Waals surface area contributed by atoms with Gasteiger partial charge in [-0.3, -0.25) is 4.79 Å². The zero-order valence-corrected chi connectivity index (χ0v) is 16.7. The van der Waals surface area contributed by atoms with Crippen LogP contribution >= 0.6 is 0 Å². The first-order chi connectivity index (χ1) is 14.6. The zero-order chi connectivity index (χ0) is 21.2. The van der Waals surface area contributed by atoms with Crippen LogP contribution in [0, 0.1) is 0 Å². The molecule has 3 rings (SSSR count). The Balaban J connectivity index is 1.46. The highest BCUT2D eigenvalue weighted by molar-refractivity contribution is 5.92. The minimum atomic E-state index is -0.376. The smallest absolute Gasteiger partial charge is 0.338 e. The Bertz CT molecular complexity index is 957. The molecular formula is C21H23N5O4. The van der Waals surface area contributed by atoms with E-state index in [1.165, 1.54) is 4.80 Å². The fourth-order valence-electron chi connectivity index (χ4n) is 2.48. The molecule has 0 saturated carbocycles. The summed E-state index contributed by atoms with van der Waals surface area (Å²) >= 11 is 0. The number of tetrazole rings is 1. The fourth-order valence-corrected chi connectivity index (χ4v) is 2.48. The van der Waals surface area contributed by atoms with Crippen molar-refractivity contribution in [1.82, 2.24) is 20.2 Å². The van der Waals surface area contributed by atoms with Crippen molar-refractivity contribution in [2.24, 2.45) is 0 Å². The molecule has 0 unspecified atom stereocenters. The van der Waals surface area contributed by atoms with Gasteiger partial charge in [0.1, 0.15) is 12.3 Å². The molecule has 1 amide bonds. The summed E-state index contributed by atoms with van der Waals surface area (Å²) in [5, 5.41) is 14.6. The fraction of sp³-hybridized carbons (Fsp3) is 0.286. The molecule has 0 bridgehead atoms. The van der Waals surface area contributed by atoms with Gasteiger partial charge in [0.05, 0.1) is 12.2 Å². The van der Waals surface area contributed by atoms with E-state index in [-0.39, 0.29) is 25.0 Å². The first-order valence-corrected chi connectivity index (χ1v) is 9.65. The predicted molar refractivity (Wildman–Crippen MR) is 109 cm³/mol. The standard InChI is InChI=1S/C21H23N5O4/c1-2-3-13-29-21(28)16-9-11-17(12-10-16)22-20(27)14-26-24-19(23-25-26)15-30-18-7-5-4-6-8-18/h4-12H,2-3,13-15H2,1H3,(H,22,27). The lowest BCUT2D eigenvalue weighted by atomic mass is 10.2. The third-order valence-electron chi connectivity index (χ3n) is 4.03. The molecule has 1 heterocycles. The molecule has 0 spiro atoms. The minimum Gasteiger partial charge on any atom is -0.485 e. The molecule has 0 aliphatic carbocycles. The summed E-state index contributed by atoms with van der Waals surface area (Å²) < 4.78 is 10.7. The van der Waals surface area contributed by atoms with Crippen molar-refractivity contribution in [2.45, 2.75) is 32.9 Å². The van der Waals surface area contributed by atoms with E-state index in [0.717, 1.165) is 12.8 Å². The number of nitrogens with one attached hydrogen (secondary N) is 1. The molecule has 0 aliphatic rings. The van der Waals surface area contributed by atoms with E-state index < -0.39 is 0 Å². The number of ether oxygens (including phenoxy) is 2. The number of carbonyl (C=O) groups excluding carboxylic acids is 2. The lowest BCUT2D eigenvalue weighted by molar-refractivity contribution is -0.117. The summed E-state index contributed by atoms with van der Waals surface area (Å²) in [6.45, 7) is 2.48. The maximum absolute atomic E-state index is 12.2. The van der Waals surface area contributed by atoms with Crippen molar-refractivity contribution in [1.29, 1.82) is 0 Å². The lowest BCUT2D eigenvalue weighted by Gasteiger charge is -2.07. The van der Waals surface area contributed by atoms with Crippen molar-refractivity contribution < 1.29 is 19.1 Å². The number of hydrogen-bond acceptors (Lipinski definition) is 7. The molecule has 9 nitrogen and oxygen atoms in total. The predicted octanol–water partition coefficient (Wildman–Crippen LogP) is 2.85. The number of anilines is 1. The first kappa shape index (κ1) is 21.0. The molecule has 9 heteroatoms. The largest absolute Gasteiger partial charge is 0.485 e. The second-order valence-corrected chi connectivity index (χ2v) is 6.45. The van der Waals surface area contributed by atoms with Crippen LogP contribution in [0.4, 0.5) is 5.69 Å². The third kappa shape index (κ3) is 6.40. The Kier molecular flexibility index (Phi) is 7.48. The van der Waals surface area contributed by atoms with Crippen molar-refractivity contribution in [3.8, 4) is 5.75 Å². The molecular weight excluding hydrogens is 386 g/mol. The van der Waals surface area contributed by atoms with Crippen molar-refractivity contribution >= 4 is 17.6 Å². The van der Waals surface area contributed by atoms with Crippen molar-refractivity contribution in [3.05, 3.63) is 66.0 Å². The quantitative estimate of drug-likeness (QED) is 0.405. The highest BCUT2D eigenvalue weighted by Gasteiger charge is 2.10. The van der Waals surface area contributed by atoms with Gasteiger partial charge in [-0.15, -0.1) is 10.2 Å². The van der Waals surface area contributed by atoms with E-state index in [9.17, 15) is 9.59 Å². The van der Waals surface area contributed by atoms with E-state index in [0.29, 0.717) is 29.4 Å². The zero-order valence-electron chi connectivity index (χ0n) is 16.7. The van der Waals surface area contributed by atoms with Crippen LogP contribution < -0.4 is 10.1 Å². The van der Waals surface area contributed by atoms with Crippen molar-refractivity contribution in [2.75, 3.05) is 11.9 Å². The minimum absolute atomic E-state index is 0.0981. The summed E-state index contributed by atoms with van der Waals surface area (Å²) in [6.07, 6.45) is 1.79. The maximum Gasteiger partial charge on any atom is 0.338 e. The van der Waals surface area contributed by atoms with E-state index in [1.807, 2.05) is 37.3 Å². The summed E-state index contributed by atoms with van der Waals surface area (Å²) in [5.41, 5.74) is 0.989. The number of para-hydroxylation sites is 1. The number of amides is 1. The SMILES string of the molecule is CCCCOC(=O)c1ccc(NC(=O)Cn2nnc(COc3ccccc3)n2)cc1. The van der Waals surface area contributed by atoms with Gasteiger partial charge in [-0.25, -0.2) is 4.79 Å². The van der Waals surface area contributed by atoms with E-state index in [4.69, 9.17) is 9.47 Å². The summed E-state index contributed by atoms with van der Waals surface area (Å²) in [4.78, 5) is 25.3. The molecule has 0 radical (unpaired) electrons. The molecule has 0 aliphatic heterocycles. The second-order valence-electron chi connectivity index (χ2n) is 6.45. The average molecular weight is 409 g/mol. The first-order valence-electron chi connectivity index (χ1n) is 9.65. The maximum atomic E-state index is 12.2. The molecule has 1 aromatic heterocycles. The van der Waals surface area contributed by atoms with Gasteiger partial charge in [-0.05, 0) is 48.0 Å². The Morgan fingerprint density at radius 1 is 1.07 bits per heavy atom. The molecule has 0 fully saturated rings. The lowest BCUT2D eigenvalue weighted by Crippen LogP contribution is -2.20. The normalized spacial score (nSPS) is 10.4. The summed E-state index contributed by atoms with van der Waals surface area (Å²) in [7, 11) is 0. The van der Waals surface area contributed by atoms with Crippen molar-refractivity contribution in [3.63, 3.8) is 0 Å². The number of aromatic nitrogens is 4. The van der Waals surface area contributed by atoms with E-state index in [2.05, 4.69) is 20.7 Å². The van der Waals surface area contributed by atoms with Crippen LogP contribution in [0.3, 0.4) is 0 Å². The highest BCUT2D eigenvalue weighted by Crippen LogP contribution is 2.12. The molecule has 0 atom stereocenters. The molecule has 3 aromatic rings. The van der Waals surface area contributed by atoms with Crippen LogP contribution in [0.2, 0.25) is 0 Å². The van der Waals surface area contributed by atoms with Gasteiger partial charge in [0.2, 0.25) is 11.7 Å². The van der Waals surface area contributed by atoms with Crippen LogP contribution in [0.1, 0.15) is 35.9 Å². The van der Waals surface area contributed by atoms with Gasteiger partial charge in [0.15, 0.2) is 6.61 Å². The molecule has 1 N–H and O–H groups in total. The number of benzene rings is 2. The van der Waals surface area contributed by atoms with Crippen LogP contribution in [-0.2, 0) is 22.7 Å². The van der Waals surface area contributed by atoms with E-state index in [1.54, 1.807) is 24.3 Å². The number of unbranched alkanes of at least 4 members (excludes halogenated alkanes) is 1. The number of carbonyl (C=O) groups is 2. The number of rotatable bonds is 10. The average Bonchev–Trinajstić information content (AvgIpc) is 3.20. The van der Waals surface area contributed by atoms with Crippen LogP contribution in [-0.4, -0.2) is 38.7 Å². The van der Waals surface area contributed by atoms with Gasteiger partial charge in [0.25, 0.3) is 0 Å². The number of nitrogens with zero attached hydrogens (tertiary/aromatic N) is 4. The molecule has 156 valence electrons. The van der Waals surface area contributed by atoms with E-state index >= 15 is 0 Å². The number of hydrogen-bond donors (Lipinski definition) is 1. The molecule has 2 aromatic carbocycles. The van der Waals surface area contributed by atoms with Gasteiger partial charge < -0.3 is 14.8 Å². The monoisotopic (exact) mass is 409 g/mol. The van der Waals surface area contributed by atoms with Gasteiger partial charge >= 0.3 is 5.97 Å². The van der Waals surface area contributed by atoms with Crippen LogP contribution in [0.5, 0.6) is 5.75 Å². The Morgan fingerprint density at radius 3 is 2.57 bits per heavy atom. The van der Waals surface area contributed by atoms with Crippen LogP contribution in [0.15, 0.2) is 54.6 Å². The topological polar surface area (TPSA) is 108 Å². The highest BCUT2D eigenvalue weighted by atomic mass is 16.5. The Morgan fingerprint density at radius 2 is 1.83 bits per heavy atom. The second kappa shape index (κ2) is 10.7. The van der Waals surface area contributed by atoms with Gasteiger partial charge in [-0.2, -0.15) is 4.80 Å². The summed E-state index contributed by atoms with van der Waals surface area (Å²) in [5.74, 6) is 0.376. The van der Waals surface area contributed by atoms with Gasteiger partial charge in [0, 0.05) is 5.69 Å². The number of esters is 1.